The van der Waals surface area contributed by atoms with Crippen molar-refractivity contribution < 1.29 is 19.1 Å². The Hall–Kier alpha value is -3.87. The van der Waals surface area contributed by atoms with Gasteiger partial charge in [0.15, 0.2) is 6.61 Å². The lowest BCUT2D eigenvalue weighted by atomic mass is 10.2. The largest absolute Gasteiger partial charge is 0.494 e. The van der Waals surface area contributed by atoms with Crippen molar-refractivity contribution >= 4 is 23.2 Å². The van der Waals surface area contributed by atoms with E-state index in [0.717, 1.165) is 5.75 Å². The Morgan fingerprint density at radius 1 is 1.13 bits per heavy atom. The lowest BCUT2D eigenvalue weighted by Gasteiger charge is -2.29. The third kappa shape index (κ3) is 4.57. The molecule has 30 heavy (non-hydrogen) atoms. The summed E-state index contributed by atoms with van der Waals surface area (Å²) in [5, 5.41) is 2.84. The molecule has 0 unspecified atom stereocenters. The molecule has 2 aromatic carbocycles. The standard InChI is InChI=1S/C23H21N3O4/c27-22-16-30-21-10-9-18(25-23(28)17-6-4-11-24-15-17)14-20(21)26(22)12-5-13-29-19-7-2-1-3-8-19/h1-4,6-11,14-15H,5,12-13,16H2,(H,25,28). The van der Waals surface area contributed by atoms with E-state index in [4.69, 9.17) is 9.47 Å². The highest BCUT2D eigenvalue weighted by Gasteiger charge is 2.25. The number of hydrogen-bond acceptors (Lipinski definition) is 5. The summed E-state index contributed by atoms with van der Waals surface area (Å²) in [7, 11) is 0. The second-order valence-corrected chi connectivity index (χ2v) is 6.73. The molecular weight excluding hydrogens is 382 g/mol. The molecule has 1 aliphatic heterocycles. The molecule has 7 heteroatoms. The molecule has 2 amide bonds. The molecule has 1 aromatic heterocycles. The molecule has 0 saturated heterocycles. The smallest absolute Gasteiger partial charge is 0.265 e. The van der Waals surface area contributed by atoms with Crippen LogP contribution in [-0.4, -0.2) is 36.6 Å². The Kier molecular flexibility index (Phi) is 5.89. The van der Waals surface area contributed by atoms with E-state index in [1.54, 1.807) is 41.4 Å². The summed E-state index contributed by atoms with van der Waals surface area (Å²) in [6.07, 6.45) is 3.77. The Balaban J connectivity index is 1.43. The summed E-state index contributed by atoms with van der Waals surface area (Å²) in [5.41, 5.74) is 1.67. The number of rotatable bonds is 7. The van der Waals surface area contributed by atoms with Crippen LogP contribution in [0.15, 0.2) is 73.1 Å². The number of nitrogens with zero attached hydrogens (tertiary/aromatic N) is 2. The molecule has 2 heterocycles. The van der Waals surface area contributed by atoms with Gasteiger partial charge in [0, 0.05) is 24.6 Å². The second kappa shape index (κ2) is 9.09. The van der Waals surface area contributed by atoms with Crippen LogP contribution in [0.25, 0.3) is 0 Å². The highest BCUT2D eigenvalue weighted by molar-refractivity contribution is 6.05. The van der Waals surface area contributed by atoms with Crippen LogP contribution in [0.5, 0.6) is 11.5 Å². The lowest BCUT2D eigenvalue weighted by Crippen LogP contribution is -2.39. The quantitative estimate of drug-likeness (QED) is 0.611. The lowest BCUT2D eigenvalue weighted by molar-refractivity contribution is -0.121. The predicted octanol–water partition coefficient (Wildman–Crippen LogP) is 3.53. The fraction of sp³-hybridized carbons (Fsp3) is 0.174. The van der Waals surface area contributed by atoms with Crippen molar-refractivity contribution in [3.8, 4) is 11.5 Å². The molecule has 1 aliphatic rings. The molecule has 7 nitrogen and oxygen atoms in total. The van der Waals surface area contributed by atoms with Crippen molar-refractivity contribution in [1.82, 2.24) is 4.98 Å². The molecule has 4 rings (SSSR count). The molecule has 1 N–H and O–H groups in total. The number of amides is 2. The minimum Gasteiger partial charge on any atom is -0.494 e. The first-order valence-corrected chi connectivity index (χ1v) is 9.67. The summed E-state index contributed by atoms with van der Waals surface area (Å²) in [6.45, 7) is 0.970. The number of para-hydroxylation sites is 1. The first-order valence-electron chi connectivity index (χ1n) is 9.67. The molecule has 152 valence electrons. The number of carbonyl (C=O) groups is 2. The number of fused-ring (bicyclic) bond motifs is 1. The Labute approximate surface area is 174 Å². The average molecular weight is 403 g/mol. The number of pyridine rings is 1. The Morgan fingerprint density at radius 2 is 2.00 bits per heavy atom. The minimum absolute atomic E-state index is 0.00602. The molecule has 0 aliphatic carbocycles. The molecule has 0 fully saturated rings. The highest BCUT2D eigenvalue weighted by atomic mass is 16.5. The van der Waals surface area contributed by atoms with Gasteiger partial charge in [-0.15, -0.1) is 0 Å². The van der Waals surface area contributed by atoms with E-state index >= 15 is 0 Å². The zero-order chi connectivity index (χ0) is 20.8. The Morgan fingerprint density at radius 3 is 2.80 bits per heavy atom. The van der Waals surface area contributed by atoms with Gasteiger partial charge >= 0.3 is 0 Å². The number of anilines is 2. The van der Waals surface area contributed by atoms with Crippen molar-refractivity contribution in [3.63, 3.8) is 0 Å². The molecular formula is C23H21N3O4. The average Bonchev–Trinajstić information content (AvgIpc) is 2.79. The topological polar surface area (TPSA) is 80.8 Å². The van der Waals surface area contributed by atoms with Crippen LogP contribution in [0.1, 0.15) is 16.8 Å². The van der Waals surface area contributed by atoms with Crippen molar-refractivity contribution in [3.05, 3.63) is 78.6 Å². The summed E-state index contributed by atoms with van der Waals surface area (Å²) >= 11 is 0. The number of carbonyl (C=O) groups excluding carboxylic acids is 2. The van der Waals surface area contributed by atoms with Gasteiger partial charge in [-0.3, -0.25) is 14.6 Å². The van der Waals surface area contributed by atoms with Crippen molar-refractivity contribution in [2.24, 2.45) is 0 Å². The molecule has 0 bridgehead atoms. The van der Waals surface area contributed by atoms with Crippen LogP contribution in [0.2, 0.25) is 0 Å². The maximum Gasteiger partial charge on any atom is 0.265 e. The van der Waals surface area contributed by atoms with Gasteiger partial charge in [-0.05, 0) is 48.9 Å². The van der Waals surface area contributed by atoms with Crippen molar-refractivity contribution in [2.75, 3.05) is 30.0 Å². The SMILES string of the molecule is O=C(Nc1ccc2c(c1)N(CCCOc1ccccc1)C(=O)CO2)c1cccnc1. The first-order chi connectivity index (χ1) is 14.7. The predicted molar refractivity (Wildman–Crippen MR) is 113 cm³/mol. The van der Waals surface area contributed by atoms with Crippen LogP contribution in [-0.2, 0) is 4.79 Å². The summed E-state index contributed by atoms with van der Waals surface area (Å²) < 4.78 is 11.3. The zero-order valence-electron chi connectivity index (χ0n) is 16.3. The third-order valence-corrected chi connectivity index (χ3v) is 4.62. The van der Waals surface area contributed by atoms with E-state index in [9.17, 15) is 9.59 Å². The molecule has 0 spiro atoms. The first kappa shape index (κ1) is 19.4. The highest BCUT2D eigenvalue weighted by Crippen LogP contribution is 2.34. The number of ether oxygens (including phenoxy) is 2. The van der Waals surface area contributed by atoms with E-state index in [1.165, 1.54) is 6.20 Å². The summed E-state index contributed by atoms with van der Waals surface area (Å²) in [6, 6.07) is 18.2. The number of aromatic nitrogens is 1. The fourth-order valence-electron chi connectivity index (χ4n) is 3.15. The van der Waals surface area contributed by atoms with Gasteiger partial charge in [-0.1, -0.05) is 18.2 Å². The van der Waals surface area contributed by atoms with Gasteiger partial charge in [0.1, 0.15) is 11.5 Å². The van der Waals surface area contributed by atoms with Crippen molar-refractivity contribution in [1.29, 1.82) is 0 Å². The maximum absolute atomic E-state index is 12.4. The van der Waals surface area contributed by atoms with E-state index in [-0.39, 0.29) is 18.4 Å². The van der Waals surface area contributed by atoms with Gasteiger partial charge in [-0.25, -0.2) is 0 Å². The number of nitrogens with one attached hydrogen (secondary N) is 1. The zero-order valence-corrected chi connectivity index (χ0v) is 16.3. The third-order valence-electron chi connectivity index (χ3n) is 4.62. The monoisotopic (exact) mass is 403 g/mol. The van der Waals surface area contributed by atoms with Crippen molar-refractivity contribution in [2.45, 2.75) is 6.42 Å². The minimum atomic E-state index is -0.270. The Bertz CT molecular complexity index is 1030. The van der Waals surface area contributed by atoms with E-state index < -0.39 is 0 Å². The normalized spacial score (nSPS) is 12.7. The number of benzene rings is 2. The second-order valence-electron chi connectivity index (χ2n) is 6.73. The van der Waals surface area contributed by atoms with Crippen LogP contribution in [0, 0.1) is 0 Å². The van der Waals surface area contributed by atoms with E-state index in [2.05, 4.69) is 10.3 Å². The van der Waals surface area contributed by atoms with E-state index in [1.807, 2.05) is 30.3 Å². The fourth-order valence-corrected chi connectivity index (χ4v) is 3.15. The van der Waals surface area contributed by atoms with Gasteiger partial charge in [0.05, 0.1) is 17.9 Å². The molecule has 0 radical (unpaired) electrons. The van der Waals surface area contributed by atoms with Crippen LogP contribution >= 0.6 is 0 Å². The molecule has 0 saturated carbocycles. The van der Waals surface area contributed by atoms with Gasteiger partial charge in [0.25, 0.3) is 11.8 Å². The van der Waals surface area contributed by atoms with Gasteiger partial charge < -0.3 is 19.7 Å². The van der Waals surface area contributed by atoms with Crippen LogP contribution in [0.4, 0.5) is 11.4 Å². The number of hydrogen-bond donors (Lipinski definition) is 1. The van der Waals surface area contributed by atoms with Gasteiger partial charge in [-0.2, -0.15) is 0 Å². The summed E-state index contributed by atoms with van der Waals surface area (Å²) in [4.78, 5) is 30.5. The van der Waals surface area contributed by atoms with Gasteiger partial charge in [0.2, 0.25) is 0 Å². The molecule has 3 aromatic rings. The van der Waals surface area contributed by atoms with Crippen LogP contribution in [0.3, 0.4) is 0 Å². The maximum atomic E-state index is 12.4. The van der Waals surface area contributed by atoms with E-state index in [0.29, 0.717) is 42.3 Å². The summed E-state index contributed by atoms with van der Waals surface area (Å²) in [5.74, 6) is 1.01. The van der Waals surface area contributed by atoms with Crippen LogP contribution < -0.4 is 19.7 Å². The molecule has 0 atom stereocenters.